The summed E-state index contributed by atoms with van der Waals surface area (Å²) >= 11 is 0. The molecule has 2 amide bonds. The second-order valence-corrected chi connectivity index (χ2v) is 6.31. The van der Waals surface area contributed by atoms with Crippen molar-refractivity contribution in [2.45, 2.75) is 25.7 Å². The van der Waals surface area contributed by atoms with E-state index in [1.54, 1.807) is 7.11 Å². The predicted molar refractivity (Wildman–Crippen MR) is 89.1 cm³/mol. The highest BCUT2D eigenvalue weighted by Gasteiger charge is 2.26. The molecule has 130 valence electrons. The monoisotopic (exact) mass is 332 g/mol. The van der Waals surface area contributed by atoms with Crippen LogP contribution in [-0.2, 0) is 16.0 Å². The number of nitrogens with zero attached hydrogens (tertiary/aromatic N) is 1. The van der Waals surface area contributed by atoms with Crippen molar-refractivity contribution >= 4 is 11.8 Å². The van der Waals surface area contributed by atoms with Crippen LogP contribution in [0.5, 0.6) is 11.5 Å². The summed E-state index contributed by atoms with van der Waals surface area (Å²) in [6.45, 7) is 2.56. The van der Waals surface area contributed by atoms with Crippen molar-refractivity contribution in [3.63, 3.8) is 0 Å². The van der Waals surface area contributed by atoms with Crippen molar-refractivity contribution in [1.29, 1.82) is 0 Å². The molecule has 6 heteroatoms. The Labute approximate surface area is 142 Å². The first-order chi connectivity index (χ1) is 11.7. The fourth-order valence-electron chi connectivity index (χ4n) is 3.23. The summed E-state index contributed by atoms with van der Waals surface area (Å²) in [5, 5.41) is 2.96. The van der Waals surface area contributed by atoms with Crippen LogP contribution in [-0.4, -0.2) is 50.1 Å². The van der Waals surface area contributed by atoms with E-state index in [0.717, 1.165) is 43.0 Å². The minimum Gasteiger partial charge on any atom is -0.497 e. The molecule has 3 rings (SSSR count). The Morgan fingerprint density at radius 3 is 3.08 bits per heavy atom. The molecule has 1 unspecified atom stereocenters. The van der Waals surface area contributed by atoms with E-state index in [1.807, 2.05) is 23.1 Å². The molecule has 1 aromatic rings. The third-order valence-corrected chi connectivity index (χ3v) is 4.62. The van der Waals surface area contributed by atoms with E-state index in [2.05, 4.69) is 5.32 Å². The van der Waals surface area contributed by atoms with Gasteiger partial charge in [-0.25, -0.2) is 0 Å². The van der Waals surface area contributed by atoms with Gasteiger partial charge >= 0.3 is 0 Å². The first-order valence-electron chi connectivity index (χ1n) is 8.52. The smallest absolute Gasteiger partial charge is 0.226 e. The van der Waals surface area contributed by atoms with Gasteiger partial charge < -0.3 is 19.7 Å². The summed E-state index contributed by atoms with van der Waals surface area (Å²) in [5.74, 6) is 1.66. The Hall–Kier alpha value is -2.24. The molecule has 1 aromatic carbocycles. The van der Waals surface area contributed by atoms with Crippen molar-refractivity contribution in [3.05, 3.63) is 23.8 Å². The third kappa shape index (κ3) is 3.80. The maximum atomic E-state index is 12.3. The van der Waals surface area contributed by atoms with Crippen LogP contribution in [0.3, 0.4) is 0 Å². The summed E-state index contributed by atoms with van der Waals surface area (Å²) in [6, 6.07) is 5.67. The average Bonchev–Trinajstić information content (AvgIpc) is 3.02. The minimum atomic E-state index is -0.182. The lowest BCUT2D eigenvalue weighted by molar-refractivity contribution is -0.127. The third-order valence-electron chi connectivity index (χ3n) is 4.62. The lowest BCUT2D eigenvalue weighted by atomic mass is 9.96. The Morgan fingerprint density at radius 2 is 2.33 bits per heavy atom. The molecular weight excluding hydrogens is 308 g/mol. The number of rotatable bonds is 6. The van der Waals surface area contributed by atoms with Gasteiger partial charge in [-0.05, 0) is 43.0 Å². The number of ether oxygens (including phenoxy) is 2. The van der Waals surface area contributed by atoms with Gasteiger partial charge in [-0.3, -0.25) is 9.59 Å². The maximum Gasteiger partial charge on any atom is 0.226 e. The fourth-order valence-corrected chi connectivity index (χ4v) is 3.23. The Balaban J connectivity index is 1.44. The first-order valence-corrected chi connectivity index (χ1v) is 8.52. The number of carbonyl (C=O) groups is 2. The van der Waals surface area contributed by atoms with Crippen LogP contribution in [0.15, 0.2) is 18.2 Å². The quantitative estimate of drug-likeness (QED) is 0.799. The number of amides is 2. The number of hydrogen-bond donors (Lipinski definition) is 1. The van der Waals surface area contributed by atoms with E-state index in [-0.39, 0.29) is 17.7 Å². The zero-order chi connectivity index (χ0) is 16.9. The normalized spacial score (nSPS) is 19.6. The second kappa shape index (κ2) is 7.55. The fraction of sp³-hybridized carbons (Fsp3) is 0.556. The highest BCUT2D eigenvalue weighted by atomic mass is 16.5. The lowest BCUT2D eigenvalue weighted by Gasteiger charge is -2.25. The highest BCUT2D eigenvalue weighted by molar-refractivity contribution is 5.79. The molecule has 0 saturated carbocycles. The van der Waals surface area contributed by atoms with Crippen molar-refractivity contribution in [2.24, 2.45) is 5.92 Å². The summed E-state index contributed by atoms with van der Waals surface area (Å²) in [7, 11) is 1.63. The molecule has 0 aromatic heterocycles. The zero-order valence-electron chi connectivity index (χ0n) is 14.0. The lowest BCUT2D eigenvalue weighted by Crippen LogP contribution is -2.38. The molecule has 2 heterocycles. The van der Waals surface area contributed by atoms with Crippen molar-refractivity contribution in [1.82, 2.24) is 10.2 Å². The average molecular weight is 332 g/mol. The van der Waals surface area contributed by atoms with Gasteiger partial charge in [0.05, 0.1) is 13.0 Å². The number of fused-ring (bicyclic) bond motifs is 1. The molecule has 1 saturated heterocycles. The molecule has 0 spiro atoms. The van der Waals surface area contributed by atoms with Crippen LogP contribution in [0.1, 0.15) is 24.8 Å². The molecule has 6 nitrogen and oxygen atoms in total. The Kier molecular flexibility index (Phi) is 5.23. The number of nitrogens with one attached hydrogen (secondary N) is 1. The molecule has 0 radical (unpaired) electrons. The van der Waals surface area contributed by atoms with Crippen molar-refractivity contribution in [3.8, 4) is 11.5 Å². The van der Waals surface area contributed by atoms with E-state index < -0.39 is 0 Å². The standard InChI is InChI=1S/C18H24N2O4/c1-23-15-5-6-16-13(11-15)10-14(12-24-16)18(22)19-7-3-9-20-8-2-4-17(20)21/h5-6,11,14H,2-4,7-10,12H2,1H3,(H,19,22). The number of likely N-dealkylation sites (tertiary alicyclic amines) is 1. The number of carbonyl (C=O) groups excluding carboxylic acids is 2. The van der Waals surface area contributed by atoms with Gasteiger partial charge in [0.15, 0.2) is 0 Å². The van der Waals surface area contributed by atoms with Gasteiger partial charge in [0, 0.05) is 26.1 Å². The van der Waals surface area contributed by atoms with Crippen LogP contribution in [0.2, 0.25) is 0 Å². The number of methoxy groups -OCH3 is 1. The molecular formula is C18H24N2O4. The van der Waals surface area contributed by atoms with E-state index in [0.29, 0.717) is 26.0 Å². The SMILES string of the molecule is COc1ccc2c(c1)CC(C(=O)NCCCN1CCCC1=O)CO2. The largest absolute Gasteiger partial charge is 0.497 e. The summed E-state index contributed by atoms with van der Waals surface area (Å²) < 4.78 is 10.9. The summed E-state index contributed by atoms with van der Waals surface area (Å²) in [4.78, 5) is 25.7. The zero-order valence-corrected chi connectivity index (χ0v) is 14.0. The summed E-state index contributed by atoms with van der Waals surface area (Å²) in [5.41, 5.74) is 1.00. The predicted octanol–water partition coefficient (Wildman–Crippen LogP) is 1.37. The Bertz CT molecular complexity index is 617. The molecule has 1 atom stereocenters. The van der Waals surface area contributed by atoms with Crippen molar-refractivity contribution < 1.29 is 19.1 Å². The van der Waals surface area contributed by atoms with Crippen LogP contribution >= 0.6 is 0 Å². The van der Waals surface area contributed by atoms with Crippen LogP contribution < -0.4 is 14.8 Å². The van der Waals surface area contributed by atoms with Gasteiger partial charge in [0.25, 0.3) is 0 Å². The minimum absolute atomic E-state index is 0.0104. The maximum absolute atomic E-state index is 12.3. The van der Waals surface area contributed by atoms with Crippen LogP contribution in [0.25, 0.3) is 0 Å². The Morgan fingerprint density at radius 1 is 1.46 bits per heavy atom. The van der Waals surface area contributed by atoms with Gasteiger partial charge in [-0.2, -0.15) is 0 Å². The molecule has 0 aliphatic carbocycles. The molecule has 0 bridgehead atoms. The van der Waals surface area contributed by atoms with Gasteiger partial charge in [-0.15, -0.1) is 0 Å². The summed E-state index contributed by atoms with van der Waals surface area (Å²) in [6.07, 6.45) is 3.06. The van der Waals surface area contributed by atoms with Gasteiger partial charge in [0.2, 0.25) is 11.8 Å². The molecule has 2 aliphatic heterocycles. The van der Waals surface area contributed by atoms with Gasteiger partial charge in [-0.1, -0.05) is 0 Å². The van der Waals surface area contributed by atoms with E-state index >= 15 is 0 Å². The number of hydrogen-bond acceptors (Lipinski definition) is 4. The first kappa shape index (κ1) is 16.6. The van der Waals surface area contributed by atoms with Gasteiger partial charge in [0.1, 0.15) is 18.1 Å². The van der Waals surface area contributed by atoms with Crippen molar-refractivity contribution in [2.75, 3.05) is 33.4 Å². The highest BCUT2D eigenvalue weighted by Crippen LogP contribution is 2.30. The molecule has 24 heavy (non-hydrogen) atoms. The van der Waals surface area contributed by atoms with E-state index in [1.165, 1.54) is 0 Å². The van der Waals surface area contributed by atoms with Crippen LogP contribution in [0, 0.1) is 5.92 Å². The van der Waals surface area contributed by atoms with E-state index in [9.17, 15) is 9.59 Å². The molecule has 2 aliphatic rings. The van der Waals surface area contributed by atoms with Crippen LogP contribution in [0.4, 0.5) is 0 Å². The van der Waals surface area contributed by atoms with E-state index in [4.69, 9.17) is 9.47 Å². The second-order valence-electron chi connectivity index (χ2n) is 6.31. The topological polar surface area (TPSA) is 67.9 Å². The molecule has 1 fully saturated rings. The molecule has 1 N–H and O–H groups in total. The number of benzene rings is 1.